The van der Waals surface area contributed by atoms with Crippen molar-refractivity contribution in [2.45, 2.75) is 20.4 Å². The molecule has 0 unspecified atom stereocenters. The van der Waals surface area contributed by atoms with Crippen LogP contribution in [0.4, 0.5) is 4.79 Å². The van der Waals surface area contributed by atoms with E-state index in [1.54, 1.807) is 4.90 Å². The van der Waals surface area contributed by atoms with Crippen molar-refractivity contribution >= 4 is 6.09 Å². The zero-order valence-corrected chi connectivity index (χ0v) is 12.0. The van der Waals surface area contributed by atoms with Crippen LogP contribution in [0.3, 0.4) is 0 Å². The molecule has 2 rings (SSSR count). The molecule has 0 atom stereocenters. The highest BCUT2D eigenvalue weighted by atomic mass is 16.5. The molecule has 19 heavy (non-hydrogen) atoms. The smallest absolute Gasteiger partial charge is 0.409 e. The predicted molar refractivity (Wildman–Crippen MR) is 75.2 cm³/mol. The fraction of sp³-hybridized carbons (Fsp3) is 0.533. The first-order valence-electron chi connectivity index (χ1n) is 6.71. The summed E-state index contributed by atoms with van der Waals surface area (Å²) in [5, 5.41) is 0. The second kappa shape index (κ2) is 6.06. The fourth-order valence-corrected chi connectivity index (χ4v) is 2.43. The van der Waals surface area contributed by atoms with E-state index in [2.05, 4.69) is 36.9 Å². The van der Waals surface area contributed by atoms with Gasteiger partial charge in [0.15, 0.2) is 0 Å². The number of hydrogen-bond donors (Lipinski definition) is 0. The van der Waals surface area contributed by atoms with Gasteiger partial charge in [-0.15, -0.1) is 0 Å². The lowest BCUT2D eigenvalue weighted by atomic mass is 10.0. The molecule has 0 bridgehead atoms. The minimum absolute atomic E-state index is 0.216. The van der Waals surface area contributed by atoms with Gasteiger partial charge >= 0.3 is 6.09 Å². The van der Waals surface area contributed by atoms with Gasteiger partial charge in [0.1, 0.15) is 0 Å². The second-order valence-electron chi connectivity index (χ2n) is 5.16. The molecule has 1 aromatic rings. The highest BCUT2D eigenvalue weighted by molar-refractivity contribution is 5.67. The zero-order valence-electron chi connectivity index (χ0n) is 12.0. The van der Waals surface area contributed by atoms with Crippen molar-refractivity contribution in [1.82, 2.24) is 9.80 Å². The number of benzene rings is 1. The molecule has 1 heterocycles. The van der Waals surface area contributed by atoms with E-state index in [0.717, 1.165) is 32.7 Å². The molecule has 0 aliphatic carbocycles. The first kappa shape index (κ1) is 13.9. The summed E-state index contributed by atoms with van der Waals surface area (Å²) >= 11 is 0. The van der Waals surface area contributed by atoms with Crippen LogP contribution in [-0.2, 0) is 11.3 Å². The van der Waals surface area contributed by atoms with Gasteiger partial charge in [-0.05, 0) is 25.0 Å². The predicted octanol–water partition coefficient (Wildman–Crippen LogP) is 2.19. The Hall–Kier alpha value is -1.55. The quantitative estimate of drug-likeness (QED) is 0.819. The van der Waals surface area contributed by atoms with E-state index in [9.17, 15) is 4.79 Å². The van der Waals surface area contributed by atoms with Crippen LogP contribution >= 0.6 is 0 Å². The third-order valence-electron chi connectivity index (χ3n) is 3.70. The largest absolute Gasteiger partial charge is 0.453 e. The average molecular weight is 262 g/mol. The van der Waals surface area contributed by atoms with E-state index in [4.69, 9.17) is 4.74 Å². The number of ether oxygens (including phenoxy) is 1. The Balaban J connectivity index is 1.92. The van der Waals surface area contributed by atoms with Gasteiger partial charge in [0, 0.05) is 32.7 Å². The van der Waals surface area contributed by atoms with Crippen molar-refractivity contribution < 1.29 is 9.53 Å². The Morgan fingerprint density at radius 3 is 2.53 bits per heavy atom. The second-order valence-corrected chi connectivity index (χ2v) is 5.16. The van der Waals surface area contributed by atoms with Crippen LogP contribution in [0.5, 0.6) is 0 Å². The molecule has 0 spiro atoms. The molecule has 1 fully saturated rings. The molecular formula is C15H22N2O2. The van der Waals surface area contributed by atoms with E-state index in [-0.39, 0.29) is 6.09 Å². The van der Waals surface area contributed by atoms with Crippen molar-refractivity contribution in [1.29, 1.82) is 0 Å². The summed E-state index contributed by atoms with van der Waals surface area (Å²) in [6.45, 7) is 8.54. The van der Waals surface area contributed by atoms with E-state index < -0.39 is 0 Å². The van der Waals surface area contributed by atoms with Crippen LogP contribution in [0.25, 0.3) is 0 Å². The summed E-state index contributed by atoms with van der Waals surface area (Å²) < 4.78 is 4.75. The third kappa shape index (κ3) is 3.47. The maximum Gasteiger partial charge on any atom is 0.409 e. The topological polar surface area (TPSA) is 32.8 Å². The van der Waals surface area contributed by atoms with Crippen molar-refractivity contribution in [2.75, 3.05) is 33.3 Å². The van der Waals surface area contributed by atoms with Crippen molar-refractivity contribution in [3.8, 4) is 0 Å². The van der Waals surface area contributed by atoms with Crippen LogP contribution in [0.2, 0.25) is 0 Å². The zero-order chi connectivity index (χ0) is 13.8. The summed E-state index contributed by atoms with van der Waals surface area (Å²) in [6, 6.07) is 6.57. The number of hydrogen-bond acceptors (Lipinski definition) is 3. The molecule has 1 aliphatic heterocycles. The van der Waals surface area contributed by atoms with Gasteiger partial charge in [-0.2, -0.15) is 0 Å². The van der Waals surface area contributed by atoms with E-state index in [0.29, 0.717) is 0 Å². The molecule has 1 aromatic carbocycles. The maximum atomic E-state index is 11.4. The first-order chi connectivity index (χ1) is 9.10. The molecule has 0 saturated carbocycles. The Kier molecular flexibility index (Phi) is 4.43. The van der Waals surface area contributed by atoms with Gasteiger partial charge in [-0.3, -0.25) is 4.90 Å². The average Bonchev–Trinajstić information content (AvgIpc) is 2.43. The molecule has 104 valence electrons. The SMILES string of the molecule is COC(=O)N1CCN(Cc2cc(C)ccc2C)CC1. The number of amides is 1. The maximum absolute atomic E-state index is 11.4. The van der Waals surface area contributed by atoms with Crippen molar-refractivity contribution in [2.24, 2.45) is 0 Å². The Labute approximate surface area is 115 Å². The molecule has 4 nitrogen and oxygen atoms in total. The highest BCUT2D eigenvalue weighted by Gasteiger charge is 2.21. The third-order valence-corrected chi connectivity index (χ3v) is 3.70. The molecule has 0 N–H and O–H groups in total. The number of piperazine rings is 1. The number of nitrogens with zero attached hydrogens (tertiary/aromatic N) is 2. The van der Waals surface area contributed by atoms with Gasteiger partial charge in [0.2, 0.25) is 0 Å². The summed E-state index contributed by atoms with van der Waals surface area (Å²) in [7, 11) is 1.44. The lowest BCUT2D eigenvalue weighted by molar-refractivity contribution is 0.0888. The lowest BCUT2D eigenvalue weighted by Gasteiger charge is -2.34. The molecular weight excluding hydrogens is 240 g/mol. The fourth-order valence-electron chi connectivity index (χ4n) is 2.43. The minimum Gasteiger partial charge on any atom is -0.453 e. The van der Waals surface area contributed by atoms with Gasteiger partial charge in [0.05, 0.1) is 7.11 Å². The van der Waals surface area contributed by atoms with Crippen LogP contribution in [0, 0.1) is 13.8 Å². The summed E-state index contributed by atoms with van der Waals surface area (Å²) in [5.41, 5.74) is 4.02. The van der Waals surface area contributed by atoms with Gasteiger partial charge in [-0.25, -0.2) is 4.79 Å². The number of carbonyl (C=O) groups excluding carboxylic acids is 1. The molecule has 1 aliphatic rings. The van der Waals surface area contributed by atoms with Crippen LogP contribution in [-0.4, -0.2) is 49.2 Å². The Morgan fingerprint density at radius 1 is 1.21 bits per heavy atom. The van der Waals surface area contributed by atoms with E-state index >= 15 is 0 Å². The molecule has 0 aromatic heterocycles. The Bertz CT molecular complexity index is 451. The highest BCUT2D eigenvalue weighted by Crippen LogP contribution is 2.14. The van der Waals surface area contributed by atoms with Crippen molar-refractivity contribution in [3.05, 3.63) is 34.9 Å². The minimum atomic E-state index is -0.216. The molecule has 0 radical (unpaired) electrons. The van der Waals surface area contributed by atoms with E-state index in [1.807, 2.05) is 0 Å². The molecule has 1 amide bonds. The molecule has 1 saturated heterocycles. The first-order valence-corrected chi connectivity index (χ1v) is 6.71. The summed E-state index contributed by atoms with van der Waals surface area (Å²) in [6.07, 6.45) is -0.216. The summed E-state index contributed by atoms with van der Waals surface area (Å²) in [5.74, 6) is 0. The van der Waals surface area contributed by atoms with Gasteiger partial charge < -0.3 is 9.64 Å². The van der Waals surface area contributed by atoms with Crippen LogP contribution in [0.15, 0.2) is 18.2 Å². The van der Waals surface area contributed by atoms with Gasteiger partial charge in [-0.1, -0.05) is 23.8 Å². The van der Waals surface area contributed by atoms with Crippen LogP contribution < -0.4 is 0 Å². The number of methoxy groups -OCH3 is 1. The standard InChI is InChI=1S/C15H22N2O2/c1-12-4-5-13(2)14(10-12)11-16-6-8-17(9-7-16)15(18)19-3/h4-5,10H,6-9,11H2,1-3H3. The number of rotatable bonds is 2. The van der Waals surface area contributed by atoms with Crippen LogP contribution in [0.1, 0.15) is 16.7 Å². The lowest BCUT2D eigenvalue weighted by Crippen LogP contribution is -2.48. The monoisotopic (exact) mass is 262 g/mol. The van der Waals surface area contributed by atoms with E-state index in [1.165, 1.54) is 23.8 Å². The number of aryl methyl sites for hydroxylation is 2. The Morgan fingerprint density at radius 2 is 1.89 bits per heavy atom. The summed E-state index contributed by atoms with van der Waals surface area (Å²) in [4.78, 5) is 15.6. The molecule has 4 heteroatoms. The number of carbonyl (C=O) groups is 1. The van der Waals surface area contributed by atoms with Crippen molar-refractivity contribution in [3.63, 3.8) is 0 Å². The normalized spacial score (nSPS) is 16.5. The van der Waals surface area contributed by atoms with Gasteiger partial charge in [0.25, 0.3) is 0 Å².